The number of hydrogen-bond donors (Lipinski definition) is 0. The van der Waals surface area contributed by atoms with Crippen molar-refractivity contribution in [2.24, 2.45) is 0 Å². The molecule has 0 saturated carbocycles. The van der Waals surface area contributed by atoms with Gasteiger partial charge in [0.1, 0.15) is 0 Å². The van der Waals surface area contributed by atoms with Gasteiger partial charge in [0, 0.05) is 0 Å². The van der Waals surface area contributed by atoms with Crippen molar-refractivity contribution in [3.8, 4) is 5.75 Å². The molecule has 0 N–H and O–H groups in total. The van der Waals surface area contributed by atoms with Crippen LogP contribution in [0.2, 0.25) is 0 Å². The van der Waals surface area contributed by atoms with E-state index in [4.69, 9.17) is 9.26 Å². The molecule has 13 heavy (non-hydrogen) atoms. The highest BCUT2D eigenvalue weighted by Crippen LogP contribution is 2.23. The van der Waals surface area contributed by atoms with Crippen LogP contribution in [0.5, 0.6) is 5.75 Å². The van der Waals surface area contributed by atoms with Crippen molar-refractivity contribution < 1.29 is 14.0 Å². The smallest absolute Gasteiger partial charge is 0.258 e. The Morgan fingerprint density at radius 1 is 1.46 bits per heavy atom. The van der Waals surface area contributed by atoms with E-state index in [9.17, 15) is 0 Å². The fourth-order valence-electron chi connectivity index (χ4n) is 1.35. The summed E-state index contributed by atoms with van der Waals surface area (Å²) in [5, 5.41) is 1.07. The van der Waals surface area contributed by atoms with Crippen molar-refractivity contribution in [3.63, 3.8) is 0 Å². The van der Waals surface area contributed by atoms with Gasteiger partial charge in [0.25, 0.3) is 5.58 Å². The molecule has 0 aliphatic carbocycles. The summed E-state index contributed by atoms with van der Waals surface area (Å²) < 4.78 is 12.5. The number of methoxy groups -OCH3 is 1. The molecule has 2 aromatic rings. The second kappa shape index (κ2) is 3.09. The minimum atomic E-state index is 0.782. The van der Waals surface area contributed by atoms with Crippen LogP contribution in [-0.2, 0) is 6.54 Å². The highest BCUT2D eigenvalue weighted by Gasteiger charge is 2.12. The van der Waals surface area contributed by atoms with E-state index in [1.807, 2.05) is 31.3 Å². The Morgan fingerprint density at radius 3 is 3.00 bits per heavy atom. The van der Waals surface area contributed by atoms with Crippen LogP contribution in [0.15, 0.2) is 28.9 Å². The average Bonchev–Trinajstić information content (AvgIpc) is 2.59. The van der Waals surface area contributed by atoms with E-state index in [1.165, 1.54) is 0 Å². The summed E-state index contributed by atoms with van der Waals surface area (Å²) in [5.74, 6) is 0.782. The zero-order valence-corrected chi connectivity index (χ0v) is 7.78. The molecule has 1 heterocycles. The molecule has 0 aliphatic heterocycles. The Balaban J connectivity index is 2.67. The number of hydrogen-bond acceptors (Lipinski definition) is 2. The van der Waals surface area contributed by atoms with Crippen molar-refractivity contribution in [1.82, 2.24) is 0 Å². The van der Waals surface area contributed by atoms with Crippen molar-refractivity contribution in [1.29, 1.82) is 0 Å². The van der Waals surface area contributed by atoms with Crippen LogP contribution in [0.4, 0.5) is 0 Å². The van der Waals surface area contributed by atoms with Gasteiger partial charge < -0.3 is 4.74 Å². The maximum atomic E-state index is 5.53. The maximum Gasteiger partial charge on any atom is 0.258 e. The van der Waals surface area contributed by atoms with Crippen LogP contribution in [0.3, 0.4) is 0 Å². The number of aryl methyl sites for hydroxylation is 1. The van der Waals surface area contributed by atoms with E-state index in [0.717, 1.165) is 23.3 Å². The Kier molecular flexibility index (Phi) is 1.93. The van der Waals surface area contributed by atoms with Crippen molar-refractivity contribution in [2.45, 2.75) is 13.5 Å². The van der Waals surface area contributed by atoms with Crippen LogP contribution in [0.25, 0.3) is 11.0 Å². The monoisotopic (exact) mass is 178 g/mol. The Bertz CT molecular complexity index is 420. The largest absolute Gasteiger partial charge is 0.493 e. The van der Waals surface area contributed by atoms with Crippen LogP contribution < -0.4 is 9.48 Å². The number of nitrogens with zero attached hydrogens (tertiary/aromatic N) is 1. The Labute approximate surface area is 76.5 Å². The summed E-state index contributed by atoms with van der Waals surface area (Å²) in [7, 11) is 1.65. The lowest BCUT2D eigenvalue weighted by Gasteiger charge is -1.95. The van der Waals surface area contributed by atoms with E-state index < -0.39 is 0 Å². The van der Waals surface area contributed by atoms with E-state index in [0.29, 0.717) is 0 Å². The summed E-state index contributed by atoms with van der Waals surface area (Å²) in [5.41, 5.74) is 0.812. The molecule has 1 aromatic heterocycles. The summed E-state index contributed by atoms with van der Waals surface area (Å²) in [6.07, 6.45) is 1.97. The molecular weight excluding hydrogens is 166 g/mol. The number of rotatable bonds is 2. The fourth-order valence-corrected chi connectivity index (χ4v) is 1.35. The zero-order chi connectivity index (χ0) is 9.26. The molecule has 0 amide bonds. The van der Waals surface area contributed by atoms with E-state index in [1.54, 1.807) is 11.8 Å². The highest BCUT2D eigenvalue weighted by molar-refractivity contribution is 5.81. The van der Waals surface area contributed by atoms with Gasteiger partial charge in [0.05, 0.1) is 12.5 Å². The van der Waals surface area contributed by atoms with Crippen molar-refractivity contribution >= 4 is 11.0 Å². The number of aromatic nitrogens is 1. The summed E-state index contributed by atoms with van der Waals surface area (Å²) in [6, 6.07) is 5.86. The molecule has 0 saturated heterocycles. The molecule has 0 radical (unpaired) electrons. The Hall–Kier alpha value is -1.51. The van der Waals surface area contributed by atoms with Gasteiger partial charge in [-0.3, -0.25) is 0 Å². The van der Waals surface area contributed by atoms with Gasteiger partial charge in [-0.25, -0.2) is 4.52 Å². The quantitative estimate of drug-likeness (QED) is 0.655. The third kappa shape index (κ3) is 1.26. The molecule has 0 unspecified atom stereocenters. The average molecular weight is 178 g/mol. The standard InChI is InChI=1S/C10H12NO2/c1-3-11-7-8-5-4-6-9(12-2)10(8)13-11/h4-7H,3H2,1-2H3/q+1. The van der Waals surface area contributed by atoms with Gasteiger partial charge in [0.2, 0.25) is 6.20 Å². The second-order valence-electron chi connectivity index (χ2n) is 2.83. The SMILES string of the molecule is CC[n+]1cc2cccc(OC)c2o1. The van der Waals surface area contributed by atoms with Crippen LogP contribution in [-0.4, -0.2) is 7.11 Å². The van der Waals surface area contributed by atoms with Crippen molar-refractivity contribution in [3.05, 3.63) is 24.4 Å². The lowest BCUT2D eigenvalue weighted by molar-refractivity contribution is -0.857. The first-order valence-corrected chi connectivity index (χ1v) is 4.31. The third-order valence-corrected chi connectivity index (χ3v) is 2.03. The Morgan fingerprint density at radius 2 is 2.31 bits per heavy atom. The first-order valence-electron chi connectivity index (χ1n) is 4.31. The highest BCUT2D eigenvalue weighted by atomic mass is 16.5. The fraction of sp³-hybridized carbons (Fsp3) is 0.300. The summed E-state index contributed by atoms with van der Waals surface area (Å²) in [6.45, 7) is 2.87. The lowest BCUT2D eigenvalue weighted by atomic mass is 10.2. The minimum Gasteiger partial charge on any atom is -0.493 e. The third-order valence-electron chi connectivity index (χ3n) is 2.03. The number of benzene rings is 1. The first kappa shape index (κ1) is 8.10. The molecule has 0 atom stereocenters. The second-order valence-corrected chi connectivity index (χ2v) is 2.83. The molecule has 3 nitrogen and oxygen atoms in total. The van der Waals surface area contributed by atoms with Gasteiger partial charge in [-0.05, 0) is 23.8 Å². The van der Waals surface area contributed by atoms with Gasteiger partial charge in [-0.2, -0.15) is 0 Å². The van der Waals surface area contributed by atoms with Crippen LogP contribution in [0.1, 0.15) is 6.92 Å². The molecule has 0 aliphatic rings. The van der Waals surface area contributed by atoms with E-state index in [2.05, 4.69) is 0 Å². The molecule has 0 fully saturated rings. The first-order chi connectivity index (χ1) is 6.35. The maximum absolute atomic E-state index is 5.53. The summed E-state index contributed by atoms with van der Waals surface area (Å²) >= 11 is 0. The van der Waals surface area contributed by atoms with Crippen LogP contribution in [0, 0.1) is 0 Å². The predicted octanol–water partition coefficient (Wildman–Crippen LogP) is 1.75. The molecular formula is C10H12NO2+. The van der Waals surface area contributed by atoms with Gasteiger partial charge in [-0.15, -0.1) is 0 Å². The molecule has 3 heteroatoms. The van der Waals surface area contributed by atoms with E-state index >= 15 is 0 Å². The molecule has 0 bridgehead atoms. The number of fused-ring (bicyclic) bond motifs is 1. The molecule has 1 aromatic carbocycles. The van der Waals surface area contributed by atoms with Gasteiger partial charge in [-0.1, -0.05) is 6.07 Å². The predicted molar refractivity (Wildman–Crippen MR) is 48.6 cm³/mol. The van der Waals surface area contributed by atoms with Gasteiger partial charge in [0.15, 0.2) is 12.3 Å². The molecule has 2 rings (SSSR count). The van der Waals surface area contributed by atoms with E-state index in [-0.39, 0.29) is 0 Å². The number of ether oxygens (including phenoxy) is 1. The molecule has 0 spiro atoms. The normalized spacial score (nSPS) is 10.6. The van der Waals surface area contributed by atoms with Crippen molar-refractivity contribution in [2.75, 3.05) is 7.11 Å². The minimum absolute atomic E-state index is 0.782. The van der Waals surface area contributed by atoms with Gasteiger partial charge >= 0.3 is 0 Å². The summed E-state index contributed by atoms with van der Waals surface area (Å²) in [4.78, 5) is 0. The lowest BCUT2D eigenvalue weighted by Crippen LogP contribution is -2.27. The van der Waals surface area contributed by atoms with Crippen LogP contribution >= 0.6 is 0 Å². The number of para-hydroxylation sites is 1. The zero-order valence-electron chi connectivity index (χ0n) is 7.78. The molecule has 68 valence electrons. The topological polar surface area (TPSA) is 26.2 Å².